The fraction of sp³-hybridized carbons (Fsp3) is 0.471. The van der Waals surface area contributed by atoms with E-state index >= 15 is 0 Å². The smallest absolute Gasteiger partial charge is 0.213 e. The second-order valence-electron chi connectivity index (χ2n) is 5.88. The van der Waals surface area contributed by atoms with Crippen LogP contribution in [-0.4, -0.2) is 34.6 Å². The van der Waals surface area contributed by atoms with Crippen LogP contribution in [0.5, 0.6) is 5.88 Å². The van der Waals surface area contributed by atoms with Gasteiger partial charge in [0.15, 0.2) is 0 Å². The van der Waals surface area contributed by atoms with Crippen LogP contribution in [0.1, 0.15) is 24.2 Å². The van der Waals surface area contributed by atoms with Crippen molar-refractivity contribution in [2.45, 2.75) is 26.7 Å². The summed E-state index contributed by atoms with van der Waals surface area (Å²) in [4.78, 5) is 15.2. The summed E-state index contributed by atoms with van der Waals surface area (Å²) in [5, 5.41) is 0. The van der Waals surface area contributed by atoms with Gasteiger partial charge in [0.25, 0.3) is 0 Å². The Labute approximate surface area is 131 Å². The van der Waals surface area contributed by atoms with Crippen molar-refractivity contribution in [3.05, 3.63) is 42.0 Å². The van der Waals surface area contributed by atoms with Crippen molar-refractivity contribution in [2.75, 3.05) is 24.6 Å². The van der Waals surface area contributed by atoms with Gasteiger partial charge in [0.05, 0.1) is 6.61 Å². The minimum atomic E-state index is 0.585. The molecule has 0 N–H and O–H groups in total. The first kappa shape index (κ1) is 14.8. The zero-order chi connectivity index (χ0) is 15.4. The molecule has 0 aliphatic carbocycles. The molecule has 1 aliphatic heterocycles. The van der Waals surface area contributed by atoms with E-state index in [4.69, 9.17) is 4.74 Å². The Bertz CT molecular complexity index is 624. The van der Waals surface area contributed by atoms with Gasteiger partial charge in [0.2, 0.25) is 5.88 Å². The lowest BCUT2D eigenvalue weighted by Crippen LogP contribution is -2.36. The number of aryl methyl sites for hydroxylation is 2. The Morgan fingerprint density at radius 1 is 1.14 bits per heavy atom. The van der Waals surface area contributed by atoms with Crippen molar-refractivity contribution in [3.8, 4) is 5.88 Å². The van der Waals surface area contributed by atoms with E-state index in [1.54, 1.807) is 6.33 Å². The molecule has 0 saturated carbocycles. The number of nitrogens with zero attached hydrogens (tertiary/aromatic N) is 4. The number of anilines is 1. The molecule has 1 aliphatic rings. The Balaban J connectivity index is 1.49. The number of ether oxygens (including phenoxy) is 1. The van der Waals surface area contributed by atoms with Crippen molar-refractivity contribution in [3.63, 3.8) is 0 Å². The lowest BCUT2D eigenvalue weighted by molar-refractivity contribution is 0.215. The maximum Gasteiger partial charge on any atom is 0.213 e. The highest BCUT2D eigenvalue weighted by Gasteiger charge is 2.21. The molecule has 5 nitrogen and oxygen atoms in total. The Kier molecular flexibility index (Phi) is 4.51. The van der Waals surface area contributed by atoms with Crippen LogP contribution >= 0.6 is 0 Å². The molecule has 1 saturated heterocycles. The van der Waals surface area contributed by atoms with E-state index in [0.29, 0.717) is 5.92 Å². The minimum absolute atomic E-state index is 0.585. The molecule has 0 atom stereocenters. The molecule has 3 heterocycles. The highest BCUT2D eigenvalue weighted by molar-refractivity contribution is 5.38. The molecule has 2 aromatic heterocycles. The first-order valence-electron chi connectivity index (χ1n) is 7.81. The van der Waals surface area contributed by atoms with Crippen molar-refractivity contribution < 1.29 is 4.74 Å². The van der Waals surface area contributed by atoms with Gasteiger partial charge >= 0.3 is 0 Å². The minimum Gasteiger partial charge on any atom is -0.477 e. The average Bonchev–Trinajstić information content (AvgIpc) is 2.54. The Morgan fingerprint density at radius 3 is 2.68 bits per heavy atom. The van der Waals surface area contributed by atoms with Gasteiger partial charge in [-0.25, -0.2) is 15.0 Å². The van der Waals surface area contributed by atoms with Crippen LogP contribution in [0.3, 0.4) is 0 Å². The summed E-state index contributed by atoms with van der Waals surface area (Å²) in [6.45, 7) is 6.76. The van der Waals surface area contributed by atoms with Crippen molar-refractivity contribution in [2.24, 2.45) is 5.92 Å². The molecule has 0 unspecified atom stereocenters. The monoisotopic (exact) mass is 298 g/mol. The first-order chi connectivity index (χ1) is 10.7. The van der Waals surface area contributed by atoms with E-state index < -0.39 is 0 Å². The van der Waals surface area contributed by atoms with E-state index in [1.165, 1.54) is 0 Å². The van der Waals surface area contributed by atoms with Gasteiger partial charge in [-0.05, 0) is 38.7 Å². The number of hydrogen-bond acceptors (Lipinski definition) is 5. The molecular weight excluding hydrogens is 276 g/mol. The number of piperidine rings is 1. The van der Waals surface area contributed by atoms with Crippen LogP contribution < -0.4 is 9.64 Å². The molecule has 1 fully saturated rings. The summed E-state index contributed by atoms with van der Waals surface area (Å²) >= 11 is 0. The Hall–Kier alpha value is -2.17. The number of pyridine rings is 1. The van der Waals surface area contributed by atoms with Crippen LogP contribution in [0.25, 0.3) is 0 Å². The molecular formula is C17H22N4O. The largest absolute Gasteiger partial charge is 0.477 e. The average molecular weight is 298 g/mol. The fourth-order valence-corrected chi connectivity index (χ4v) is 2.74. The van der Waals surface area contributed by atoms with Gasteiger partial charge in [0, 0.05) is 36.6 Å². The second kappa shape index (κ2) is 6.73. The van der Waals surface area contributed by atoms with Crippen LogP contribution in [0.2, 0.25) is 0 Å². The number of aromatic nitrogens is 3. The summed E-state index contributed by atoms with van der Waals surface area (Å²) in [7, 11) is 0. The van der Waals surface area contributed by atoms with Crippen LogP contribution in [0, 0.1) is 19.8 Å². The van der Waals surface area contributed by atoms with Crippen molar-refractivity contribution >= 4 is 5.82 Å². The lowest BCUT2D eigenvalue weighted by Gasteiger charge is -2.32. The van der Waals surface area contributed by atoms with Gasteiger partial charge in [-0.1, -0.05) is 6.07 Å². The van der Waals surface area contributed by atoms with E-state index in [0.717, 1.165) is 55.6 Å². The Morgan fingerprint density at radius 2 is 1.95 bits per heavy atom. The van der Waals surface area contributed by atoms with Crippen LogP contribution in [0.4, 0.5) is 5.82 Å². The SMILES string of the molecule is Cc1cc(N2CCC(COc3cccc(C)n3)CC2)ncn1. The molecule has 0 bridgehead atoms. The predicted octanol–water partition coefficient (Wildman–Crippen LogP) is 2.78. The number of hydrogen-bond donors (Lipinski definition) is 0. The molecule has 5 heteroatoms. The normalized spacial score (nSPS) is 15.8. The molecule has 0 aromatic carbocycles. The molecule has 0 spiro atoms. The summed E-state index contributed by atoms with van der Waals surface area (Å²) in [5.74, 6) is 2.35. The second-order valence-corrected chi connectivity index (χ2v) is 5.88. The van der Waals surface area contributed by atoms with Gasteiger partial charge in [0.1, 0.15) is 12.1 Å². The third-order valence-electron chi connectivity index (χ3n) is 4.06. The van der Waals surface area contributed by atoms with E-state index in [-0.39, 0.29) is 0 Å². The molecule has 0 radical (unpaired) electrons. The third-order valence-corrected chi connectivity index (χ3v) is 4.06. The third kappa shape index (κ3) is 3.72. The molecule has 2 aromatic rings. The highest BCUT2D eigenvalue weighted by atomic mass is 16.5. The molecule has 22 heavy (non-hydrogen) atoms. The summed E-state index contributed by atoms with van der Waals surface area (Å²) in [5.41, 5.74) is 2.01. The summed E-state index contributed by atoms with van der Waals surface area (Å²) < 4.78 is 5.83. The molecule has 0 amide bonds. The lowest BCUT2D eigenvalue weighted by atomic mass is 9.98. The van der Waals surface area contributed by atoms with E-state index in [9.17, 15) is 0 Å². The highest BCUT2D eigenvalue weighted by Crippen LogP contribution is 2.22. The van der Waals surface area contributed by atoms with Crippen molar-refractivity contribution in [1.82, 2.24) is 15.0 Å². The maximum absolute atomic E-state index is 5.83. The van der Waals surface area contributed by atoms with Gasteiger partial charge in [-0.3, -0.25) is 0 Å². The van der Waals surface area contributed by atoms with Gasteiger partial charge in [-0.15, -0.1) is 0 Å². The van der Waals surface area contributed by atoms with Crippen LogP contribution in [0.15, 0.2) is 30.6 Å². The predicted molar refractivity (Wildman–Crippen MR) is 86.2 cm³/mol. The zero-order valence-electron chi connectivity index (χ0n) is 13.2. The maximum atomic E-state index is 5.83. The molecule has 3 rings (SSSR count). The zero-order valence-corrected chi connectivity index (χ0v) is 13.2. The summed E-state index contributed by atoms with van der Waals surface area (Å²) in [6, 6.07) is 7.94. The quantitative estimate of drug-likeness (QED) is 0.868. The topological polar surface area (TPSA) is 51.1 Å². The summed E-state index contributed by atoms with van der Waals surface area (Å²) in [6.07, 6.45) is 3.88. The van der Waals surface area contributed by atoms with E-state index in [1.807, 2.05) is 38.1 Å². The van der Waals surface area contributed by atoms with Crippen LogP contribution in [-0.2, 0) is 0 Å². The van der Waals surface area contributed by atoms with Crippen molar-refractivity contribution in [1.29, 1.82) is 0 Å². The van der Waals surface area contributed by atoms with Gasteiger partial charge in [-0.2, -0.15) is 0 Å². The van der Waals surface area contributed by atoms with Gasteiger partial charge < -0.3 is 9.64 Å². The first-order valence-corrected chi connectivity index (χ1v) is 7.81. The standard InChI is InChI=1S/C17H22N4O/c1-13-4-3-5-17(20-13)22-11-15-6-8-21(9-7-15)16-10-14(2)18-12-19-16/h3-5,10,12,15H,6-9,11H2,1-2H3. The number of rotatable bonds is 4. The molecule has 116 valence electrons. The fourth-order valence-electron chi connectivity index (χ4n) is 2.74. The van der Waals surface area contributed by atoms with E-state index in [2.05, 4.69) is 19.9 Å².